The van der Waals surface area contributed by atoms with Crippen molar-refractivity contribution < 1.29 is 8.42 Å². The third-order valence-electron chi connectivity index (χ3n) is 1.09. The molecule has 0 saturated heterocycles. The first-order valence-corrected chi connectivity index (χ1v) is 4.29. The maximum absolute atomic E-state index is 10.6. The third kappa shape index (κ3) is 1.89. The van der Waals surface area contributed by atoms with Gasteiger partial charge in [-0.05, 0) is 12.1 Å². The number of anilines is 1. The molecule has 1 rings (SSSR count). The highest BCUT2D eigenvalue weighted by Crippen LogP contribution is 2.05. The molecule has 5 nitrogen and oxygen atoms in total. The van der Waals surface area contributed by atoms with Crippen molar-refractivity contribution in [3.63, 3.8) is 0 Å². The summed E-state index contributed by atoms with van der Waals surface area (Å²) in [5.41, 5.74) is 5.22. The Morgan fingerprint density at radius 2 is 2.00 bits per heavy atom. The summed E-state index contributed by atoms with van der Waals surface area (Å²) < 4.78 is 21.3. The van der Waals surface area contributed by atoms with Gasteiger partial charge in [0.2, 0.25) is 10.0 Å². The van der Waals surface area contributed by atoms with Gasteiger partial charge in [-0.2, -0.15) is 0 Å². The first-order valence-electron chi connectivity index (χ1n) is 2.74. The highest BCUT2D eigenvalue weighted by Gasteiger charge is 2.06. The number of nitrogens with two attached hydrogens (primary N) is 2. The van der Waals surface area contributed by atoms with Crippen LogP contribution in [0.15, 0.2) is 23.2 Å². The number of pyridine rings is 1. The van der Waals surface area contributed by atoms with Gasteiger partial charge in [0, 0.05) is 6.20 Å². The van der Waals surface area contributed by atoms with Crippen LogP contribution in [-0.2, 0) is 10.0 Å². The monoisotopic (exact) mass is 173 g/mol. The second-order valence-electron chi connectivity index (χ2n) is 1.96. The number of sulfonamides is 1. The van der Waals surface area contributed by atoms with Crippen LogP contribution in [0.1, 0.15) is 0 Å². The lowest BCUT2D eigenvalue weighted by Gasteiger charge is -1.95. The number of nitrogen functional groups attached to an aromatic ring is 1. The van der Waals surface area contributed by atoms with Gasteiger partial charge in [0.25, 0.3) is 0 Å². The van der Waals surface area contributed by atoms with Gasteiger partial charge in [0.1, 0.15) is 10.7 Å². The highest BCUT2D eigenvalue weighted by molar-refractivity contribution is 7.89. The van der Waals surface area contributed by atoms with E-state index < -0.39 is 10.0 Å². The molecule has 0 aliphatic rings. The lowest BCUT2D eigenvalue weighted by atomic mass is 10.5. The molecule has 0 spiro atoms. The Morgan fingerprint density at radius 3 is 2.36 bits per heavy atom. The summed E-state index contributed by atoms with van der Waals surface area (Å²) >= 11 is 0. The van der Waals surface area contributed by atoms with Gasteiger partial charge in [-0.15, -0.1) is 0 Å². The van der Waals surface area contributed by atoms with E-state index in [1.165, 1.54) is 12.1 Å². The van der Waals surface area contributed by atoms with Gasteiger partial charge in [0.15, 0.2) is 0 Å². The van der Waals surface area contributed by atoms with Crippen LogP contribution in [0, 0.1) is 0 Å². The molecule has 0 amide bonds. The number of nitrogens with zero attached hydrogens (tertiary/aromatic N) is 1. The smallest absolute Gasteiger partial charge is 0.239 e. The number of rotatable bonds is 1. The van der Waals surface area contributed by atoms with Crippen LogP contribution in [0.4, 0.5) is 5.82 Å². The molecule has 0 aliphatic heterocycles. The molecule has 6 heteroatoms. The number of hydrogen-bond donors (Lipinski definition) is 2. The number of primary sulfonamides is 1. The lowest BCUT2D eigenvalue weighted by molar-refractivity contribution is 0.597. The highest BCUT2D eigenvalue weighted by atomic mass is 32.2. The van der Waals surface area contributed by atoms with Crippen molar-refractivity contribution in [3.8, 4) is 0 Å². The molecule has 0 fully saturated rings. The summed E-state index contributed by atoms with van der Waals surface area (Å²) in [5.74, 6) is 0.261. The van der Waals surface area contributed by atoms with E-state index in [0.717, 1.165) is 6.20 Å². The van der Waals surface area contributed by atoms with E-state index in [0.29, 0.717) is 0 Å². The zero-order valence-electron chi connectivity index (χ0n) is 5.56. The minimum Gasteiger partial charge on any atom is -0.384 e. The predicted molar refractivity (Wildman–Crippen MR) is 40.0 cm³/mol. The van der Waals surface area contributed by atoms with Crippen LogP contribution in [0.3, 0.4) is 0 Å². The zero-order valence-corrected chi connectivity index (χ0v) is 6.38. The fraction of sp³-hybridized carbons (Fsp3) is 0. The average Bonchev–Trinajstić information content (AvgIpc) is 1.86. The summed E-state index contributed by atoms with van der Waals surface area (Å²) in [4.78, 5) is 3.53. The molecule has 0 saturated carbocycles. The van der Waals surface area contributed by atoms with Gasteiger partial charge in [0.05, 0.1) is 0 Å². The molecule has 0 aliphatic carbocycles. The standard InChI is InChI=1S/C5H7N3O2S/c6-5-2-1-4(3-8-5)11(7,9)10/h1-3H,(H2,6,8)(H2,7,9,10). The first kappa shape index (κ1) is 7.96. The minimum atomic E-state index is -3.64. The third-order valence-corrected chi connectivity index (χ3v) is 1.99. The van der Waals surface area contributed by atoms with E-state index in [1.54, 1.807) is 0 Å². The molecule has 0 aromatic carbocycles. The Morgan fingerprint density at radius 1 is 1.36 bits per heavy atom. The molecule has 60 valence electrons. The maximum Gasteiger partial charge on any atom is 0.239 e. The molecule has 1 aromatic heterocycles. The second-order valence-corrected chi connectivity index (χ2v) is 3.53. The SMILES string of the molecule is Nc1ccc(S(N)(=O)=O)cn1. The maximum atomic E-state index is 10.6. The summed E-state index contributed by atoms with van der Waals surface area (Å²) in [6.45, 7) is 0. The van der Waals surface area contributed by atoms with Gasteiger partial charge in [-0.1, -0.05) is 0 Å². The number of hydrogen-bond acceptors (Lipinski definition) is 4. The largest absolute Gasteiger partial charge is 0.384 e. The number of aromatic nitrogens is 1. The van der Waals surface area contributed by atoms with Crippen LogP contribution in [0.25, 0.3) is 0 Å². The average molecular weight is 173 g/mol. The summed E-state index contributed by atoms with van der Waals surface area (Å²) in [6, 6.07) is 2.68. The van der Waals surface area contributed by atoms with Crippen LogP contribution in [-0.4, -0.2) is 13.4 Å². The fourth-order valence-electron chi connectivity index (χ4n) is 0.560. The predicted octanol–water partition coefficient (Wildman–Crippen LogP) is -0.689. The van der Waals surface area contributed by atoms with Crippen LogP contribution in [0.2, 0.25) is 0 Å². The molecule has 1 aromatic rings. The molecule has 11 heavy (non-hydrogen) atoms. The first-order chi connectivity index (χ1) is 5.00. The Kier molecular flexibility index (Phi) is 1.79. The van der Waals surface area contributed by atoms with E-state index in [1.807, 2.05) is 0 Å². The molecule has 4 N–H and O–H groups in total. The van der Waals surface area contributed by atoms with E-state index >= 15 is 0 Å². The summed E-state index contributed by atoms with van der Waals surface area (Å²) in [5, 5.41) is 4.80. The van der Waals surface area contributed by atoms with Crippen molar-refractivity contribution in [1.29, 1.82) is 0 Å². The Hall–Kier alpha value is -1.14. The normalized spacial score (nSPS) is 11.4. The molecular formula is C5H7N3O2S. The molecular weight excluding hydrogens is 166 g/mol. The molecule has 0 bridgehead atoms. The Bertz CT molecular complexity index is 342. The van der Waals surface area contributed by atoms with Crippen molar-refractivity contribution >= 4 is 15.8 Å². The van der Waals surface area contributed by atoms with Crippen molar-refractivity contribution in [2.45, 2.75) is 4.90 Å². The van der Waals surface area contributed by atoms with E-state index in [4.69, 9.17) is 10.9 Å². The zero-order chi connectivity index (χ0) is 8.48. The van der Waals surface area contributed by atoms with Crippen molar-refractivity contribution in [2.75, 3.05) is 5.73 Å². The molecule has 1 heterocycles. The van der Waals surface area contributed by atoms with Crippen molar-refractivity contribution in [3.05, 3.63) is 18.3 Å². The van der Waals surface area contributed by atoms with E-state index in [-0.39, 0.29) is 10.7 Å². The minimum absolute atomic E-state index is 0.0355. The Labute approximate surface area is 64.1 Å². The van der Waals surface area contributed by atoms with Crippen LogP contribution >= 0.6 is 0 Å². The second kappa shape index (κ2) is 2.48. The van der Waals surface area contributed by atoms with Gasteiger partial charge in [-0.3, -0.25) is 0 Å². The molecule has 0 atom stereocenters. The quantitative estimate of drug-likeness (QED) is 0.587. The van der Waals surface area contributed by atoms with E-state index in [9.17, 15) is 8.42 Å². The van der Waals surface area contributed by atoms with Crippen molar-refractivity contribution in [1.82, 2.24) is 4.98 Å². The van der Waals surface area contributed by atoms with Crippen molar-refractivity contribution in [2.24, 2.45) is 5.14 Å². The van der Waals surface area contributed by atoms with Gasteiger partial charge < -0.3 is 5.73 Å². The topological polar surface area (TPSA) is 99.1 Å². The fourth-order valence-corrected chi connectivity index (χ4v) is 1.02. The molecule has 0 unspecified atom stereocenters. The summed E-state index contributed by atoms with van der Waals surface area (Å²) in [6.07, 6.45) is 1.12. The van der Waals surface area contributed by atoms with Gasteiger partial charge >= 0.3 is 0 Å². The van der Waals surface area contributed by atoms with Crippen LogP contribution in [0.5, 0.6) is 0 Å². The van der Waals surface area contributed by atoms with E-state index in [2.05, 4.69) is 4.98 Å². The summed E-state index contributed by atoms with van der Waals surface area (Å²) in [7, 11) is -3.64. The molecule has 0 radical (unpaired) electrons. The van der Waals surface area contributed by atoms with Gasteiger partial charge in [-0.25, -0.2) is 18.5 Å². The Balaban J connectivity index is 3.20. The van der Waals surface area contributed by atoms with Crippen LogP contribution < -0.4 is 10.9 Å². The lowest BCUT2D eigenvalue weighted by Crippen LogP contribution is -2.12.